The van der Waals surface area contributed by atoms with Gasteiger partial charge < -0.3 is 14.8 Å². The highest BCUT2D eigenvalue weighted by atomic mass is 32.2. The number of carbonyl (C=O) groups is 2. The molecule has 1 saturated carbocycles. The van der Waals surface area contributed by atoms with Gasteiger partial charge in [0, 0.05) is 11.1 Å². The Hall–Kier alpha value is -3.34. The van der Waals surface area contributed by atoms with Gasteiger partial charge in [0.15, 0.2) is 0 Å². The second kappa shape index (κ2) is 9.27. The number of halogens is 1. The van der Waals surface area contributed by atoms with Crippen LogP contribution in [0.4, 0.5) is 20.6 Å². The third-order valence-electron chi connectivity index (χ3n) is 5.98. The predicted octanol–water partition coefficient (Wildman–Crippen LogP) is 4.05. The highest BCUT2D eigenvalue weighted by Gasteiger charge is 2.45. The van der Waals surface area contributed by atoms with Crippen LogP contribution in [0.5, 0.6) is 5.75 Å². The summed E-state index contributed by atoms with van der Waals surface area (Å²) in [7, 11) is -4.12. The van der Waals surface area contributed by atoms with Crippen molar-refractivity contribution >= 4 is 33.4 Å². The number of nitrogens with one attached hydrogen (secondary N) is 2. The zero-order valence-electron chi connectivity index (χ0n) is 20.6. The van der Waals surface area contributed by atoms with Crippen LogP contribution in [0, 0.1) is 11.2 Å². The molecule has 0 bridgehead atoms. The smallest absolute Gasteiger partial charge is 0.412 e. The SMILES string of the molecule is CC(C)(C)OC(=O)Nc1ccc2c(c1)N(S(=O)(=O)c1ccc(F)cc1)CC(CNC(=O)C1(C)CC1)O2. The molecule has 0 aromatic heterocycles. The normalized spacial score (nSPS) is 18.5. The van der Waals surface area contributed by atoms with Gasteiger partial charge in [0.2, 0.25) is 5.91 Å². The molecule has 1 unspecified atom stereocenters. The quantitative estimate of drug-likeness (QED) is 0.595. The molecule has 2 aromatic rings. The third-order valence-corrected chi connectivity index (χ3v) is 7.77. The molecule has 1 atom stereocenters. The molecule has 1 fully saturated rings. The topological polar surface area (TPSA) is 114 Å². The van der Waals surface area contributed by atoms with Crippen molar-refractivity contribution < 1.29 is 31.9 Å². The molecule has 11 heteroatoms. The molecule has 0 saturated heterocycles. The van der Waals surface area contributed by atoms with Gasteiger partial charge in [-0.2, -0.15) is 0 Å². The van der Waals surface area contributed by atoms with Crippen LogP contribution < -0.4 is 19.7 Å². The third kappa shape index (κ3) is 5.72. The van der Waals surface area contributed by atoms with Crippen LogP contribution in [0.25, 0.3) is 0 Å². The van der Waals surface area contributed by atoms with Gasteiger partial charge in [0.1, 0.15) is 23.3 Å². The van der Waals surface area contributed by atoms with Crippen molar-refractivity contribution in [1.29, 1.82) is 0 Å². The van der Waals surface area contributed by atoms with E-state index in [1.54, 1.807) is 32.9 Å². The summed E-state index contributed by atoms with van der Waals surface area (Å²) in [5.74, 6) is -0.394. The number of ether oxygens (including phenoxy) is 2. The van der Waals surface area contributed by atoms with Gasteiger partial charge in [0.05, 0.1) is 23.7 Å². The van der Waals surface area contributed by atoms with Crippen molar-refractivity contribution in [3.05, 3.63) is 48.3 Å². The first-order chi connectivity index (χ1) is 16.8. The largest absolute Gasteiger partial charge is 0.484 e. The highest BCUT2D eigenvalue weighted by molar-refractivity contribution is 7.92. The van der Waals surface area contributed by atoms with Gasteiger partial charge in [-0.05, 0) is 76.1 Å². The van der Waals surface area contributed by atoms with Crippen LogP contribution in [-0.2, 0) is 19.6 Å². The van der Waals surface area contributed by atoms with E-state index in [-0.39, 0.29) is 40.7 Å². The lowest BCUT2D eigenvalue weighted by Gasteiger charge is -2.36. The summed E-state index contributed by atoms with van der Waals surface area (Å²) in [5.41, 5.74) is -0.590. The minimum absolute atomic E-state index is 0.0956. The lowest BCUT2D eigenvalue weighted by molar-refractivity contribution is -0.126. The average molecular weight is 520 g/mol. The molecule has 36 heavy (non-hydrogen) atoms. The van der Waals surface area contributed by atoms with Gasteiger partial charge in [-0.1, -0.05) is 6.92 Å². The van der Waals surface area contributed by atoms with Crippen molar-refractivity contribution in [3.63, 3.8) is 0 Å². The first kappa shape index (κ1) is 25.7. The Morgan fingerprint density at radius 2 is 1.83 bits per heavy atom. The molecule has 194 valence electrons. The van der Waals surface area contributed by atoms with E-state index in [2.05, 4.69) is 10.6 Å². The minimum Gasteiger partial charge on any atom is -0.484 e. The van der Waals surface area contributed by atoms with Gasteiger partial charge in [0.25, 0.3) is 10.0 Å². The second-order valence-electron chi connectivity index (χ2n) is 10.3. The molecular formula is C25H30FN3O6S. The maximum absolute atomic E-state index is 13.6. The first-order valence-electron chi connectivity index (χ1n) is 11.6. The van der Waals surface area contributed by atoms with E-state index < -0.39 is 33.6 Å². The number of nitrogens with zero attached hydrogens (tertiary/aromatic N) is 1. The van der Waals surface area contributed by atoms with E-state index in [4.69, 9.17) is 9.47 Å². The van der Waals surface area contributed by atoms with Crippen molar-refractivity contribution in [2.75, 3.05) is 22.7 Å². The van der Waals surface area contributed by atoms with E-state index in [0.29, 0.717) is 5.69 Å². The maximum atomic E-state index is 13.6. The summed E-state index contributed by atoms with van der Waals surface area (Å²) in [6.45, 7) is 7.08. The molecular weight excluding hydrogens is 489 g/mol. The van der Waals surface area contributed by atoms with Crippen molar-refractivity contribution in [2.45, 2.75) is 57.1 Å². The average Bonchev–Trinajstić information content (AvgIpc) is 3.54. The van der Waals surface area contributed by atoms with E-state index >= 15 is 0 Å². The Morgan fingerprint density at radius 1 is 1.17 bits per heavy atom. The van der Waals surface area contributed by atoms with Crippen molar-refractivity contribution in [2.24, 2.45) is 5.41 Å². The molecule has 9 nitrogen and oxygen atoms in total. The zero-order chi connectivity index (χ0) is 26.3. The number of rotatable bonds is 6. The first-order valence-corrected chi connectivity index (χ1v) is 13.1. The molecule has 2 aromatic carbocycles. The molecule has 1 aliphatic carbocycles. The molecule has 1 heterocycles. The summed E-state index contributed by atoms with van der Waals surface area (Å²) in [4.78, 5) is 24.5. The van der Waals surface area contributed by atoms with Crippen LogP contribution >= 0.6 is 0 Å². The van der Waals surface area contributed by atoms with Crippen molar-refractivity contribution in [3.8, 4) is 5.75 Å². The van der Waals surface area contributed by atoms with Gasteiger partial charge in [-0.15, -0.1) is 0 Å². The predicted molar refractivity (Wildman–Crippen MR) is 132 cm³/mol. The fraction of sp³-hybridized carbons (Fsp3) is 0.440. The Balaban J connectivity index is 1.63. The standard InChI is InChI=1S/C25H30FN3O6S/c1-24(2,3)35-23(31)28-17-7-10-21-20(13-17)29(36(32,33)19-8-5-16(26)6-9-19)15-18(34-21)14-27-22(30)25(4)11-12-25/h5-10,13,18H,11-12,14-15H2,1-4H3,(H,27,30)(H,28,31). The summed E-state index contributed by atoms with van der Waals surface area (Å²) < 4.78 is 53.1. The van der Waals surface area contributed by atoms with Crippen LogP contribution in [0.15, 0.2) is 47.4 Å². The Bertz CT molecular complexity index is 1270. The number of carbonyl (C=O) groups excluding carboxylic acids is 2. The van der Waals surface area contributed by atoms with Crippen LogP contribution in [-0.4, -0.2) is 45.2 Å². The fourth-order valence-corrected chi connectivity index (χ4v) is 5.21. The number of hydrogen-bond acceptors (Lipinski definition) is 6. The van der Waals surface area contributed by atoms with Crippen LogP contribution in [0.1, 0.15) is 40.5 Å². The van der Waals surface area contributed by atoms with Crippen LogP contribution in [0.3, 0.4) is 0 Å². The summed E-state index contributed by atoms with van der Waals surface area (Å²) in [6.07, 6.45) is 0.266. The van der Waals surface area contributed by atoms with E-state index in [0.717, 1.165) is 29.3 Å². The van der Waals surface area contributed by atoms with Crippen molar-refractivity contribution in [1.82, 2.24) is 5.32 Å². The molecule has 0 spiro atoms. The number of sulfonamides is 1. The highest BCUT2D eigenvalue weighted by Crippen LogP contribution is 2.45. The van der Waals surface area contributed by atoms with E-state index in [1.165, 1.54) is 18.2 Å². The summed E-state index contributed by atoms with van der Waals surface area (Å²) in [5, 5.41) is 5.45. The summed E-state index contributed by atoms with van der Waals surface area (Å²) >= 11 is 0. The van der Waals surface area contributed by atoms with E-state index in [9.17, 15) is 22.4 Å². The lowest BCUT2D eigenvalue weighted by atomic mass is 10.1. The number of benzene rings is 2. The number of hydrogen-bond donors (Lipinski definition) is 2. The molecule has 2 aliphatic rings. The van der Waals surface area contributed by atoms with Gasteiger partial charge >= 0.3 is 6.09 Å². The monoisotopic (exact) mass is 519 g/mol. The van der Waals surface area contributed by atoms with E-state index in [1.807, 2.05) is 6.92 Å². The van der Waals surface area contributed by atoms with Gasteiger partial charge in [-0.3, -0.25) is 14.4 Å². The number of amides is 2. The maximum Gasteiger partial charge on any atom is 0.412 e. The second-order valence-corrected chi connectivity index (χ2v) is 12.2. The fourth-order valence-electron chi connectivity index (χ4n) is 3.71. The molecule has 1 aliphatic heterocycles. The minimum atomic E-state index is -4.12. The molecule has 0 radical (unpaired) electrons. The molecule has 2 N–H and O–H groups in total. The van der Waals surface area contributed by atoms with Crippen LogP contribution in [0.2, 0.25) is 0 Å². The Labute approximate surface area is 210 Å². The molecule has 4 rings (SSSR count). The summed E-state index contributed by atoms with van der Waals surface area (Å²) in [6, 6.07) is 9.11. The number of anilines is 2. The van der Waals surface area contributed by atoms with Gasteiger partial charge in [-0.25, -0.2) is 17.6 Å². The molecule has 2 amide bonds. The zero-order valence-corrected chi connectivity index (χ0v) is 21.4. The number of fused-ring (bicyclic) bond motifs is 1. The lowest BCUT2D eigenvalue weighted by Crippen LogP contribution is -2.49. The Kier molecular flexibility index (Phi) is 6.63. The Morgan fingerprint density at radius 3 is 2.44 bits per heavy atom.